The van der Waals surface area contributed by atoms with Crippen LogP contribution in [-0.4, -0.2) is 32.6 Å². The van der Waals surface area contributed by atoms with E-state index in [9.17, 15) is 8.42 Å². The summed E-state index contributed by atoms with van der Waals surface area (Å²) in [4.78, 5) is 0. The smallest absolute Gasteiger partial charge is 0.150 e. The van der Waals surface area contributed by atoms with Gasteiger partial charge in [0.2, 0.25) is 0 Å². The Balaban J connectivity index is 1.73. The van der Waals surface area contributed by atoms with E-state index >= 15 is 0 Å². The highest BCUT2D eigenvalue weighted by Gasteiger charge is 2.22. The minimum atomic E-state index is -2.77. The van der Waals surface area contributed by atoms with Gasteiger partial charge < -0.3 is 10.1 Å². The van der Waals surface area contributed by atoms with E-state index in [4.69, 9.17) is 4.74 Å². The first-order chi connectivity index (χ1) is 10.1. The summed E-state index contributed by atoms with van der Waals surface area (Å²) in [6.45, 7) is 3.69. The molecule has 0 radical (unpaired) electrons. The molecule has 118 valence electrons. The van der Waals surface area contributed by atoms with Crippen molar-refractivity contribution in [3.8, 4) is 5.75 Å². The molecular formula is C16H25NO3S. The zero-order chi connectivity index (χ0) is 15.1. The maximum absolute atomic E-state index is 11.4. The molecule has 1 aliphatic heterocycles. The van der Waals surface area contributed by atoms with E-state index in [1.165, 1.54) is 5.56 Å². The maximum atomic E-state index is 11.4. The molecule has 0 bridgehead atoms. The second-order valence-corrected chi connectivity index (χ2v) is 7.96. The van der Waals surface area contributed by atoms with E-state index in [1.54, 1.807) is 0 Å². The first-order valence-electron chi connectivity index (χ1n) is 7.74. The Hall–Kier alpha value is -1.07. The van der Waals surface area contributed by atoms with Crippen LogP contribution in [0.3, 0.4) is 0 Å². The molecule has 4 nitrogen and oxygen atoms in total. The largest absolute Gasteiger partial charge is 0.494 e. The number of hydrogen-bond acceptors (Lipinski definition) is 4. The van der Waals surface area contributed by atoms with Gasteiger partial charge >= 0.3 is 0 Å². The number of nitrogens with one attached hydrogen (secondary N) is 1. The lowest BCUT2D eigenvalue weighted by molar-refractivity contribution is 0.309. The molecule has 21 heavy (non-hydrogen) atoms. The van der Waals surface area contributed by atoms with Gasteiger partial charge in [0.15, 0.2) is 0 Å². The lowest BCUT2D eigenvalue weighted by atomic mass is 10.1. The van der Waals surface area contributed by atoms with Crippen molar-refractivity contribution in [1.29, 1.82) is 0 Å². The average Bonchev–Trinajstić information content (AvgIpc) is 2.48. The van der Waals surface area contributed by atoms with E-state index < -0.39 is 9.84 Å². The summed E-state index contributed by atoms with van der Waals surface area (Å²) >= 11 is 0. The van der Waals surface area contributed by atoms with Gasteiger partial charge in [0.25, 0.3) is 0 Å². The number of sulfone groups is 1. The minimum Gasteiger partial charge on any atom is -0.494 e. The summed E-state index contributed by atoms with van der Waals surface area (Å²) in [5.41, 5.74) is 1.20. The Morgan fingerprint density at radius 1 is 1.19 bits per heavy atom. The summed E-state index contributed by atoms with van der Waals surface area (Å²) in [5.74, 6) is 1.54. The topological polar surface area (TPSA) is 55.4 Å². The summed E-state index contributed by atoms with van der Waals surface area (Å²) in [6.07, 6.45) is 3.66. The van der Waals surface area contributed by atoms with E-state index in [2.05, 4.69) is 24.4 Å². The van der Waals surface area contributed by atoms with Gasteiger partial charge in [-0.3, -0.25) is 0 Å². The fourth-order valence-electron chi connectivity index (χ4n) is 2.39. The van der Waals surface area contributed by atoms with Crippen molar-refractivity contribution in [3.05, 3.63) is 29.8 Å². The molecule has 0 amide bonds. The fraction of sp³-hybridized carbons (Fsp3) is 0.625. The monoisotopic (exact) mass is 311 g/mol. The van der Waals surface area contributed by atoms with Crippen molar-refractivity contribution < 1.29 is 13.2 Å². The van der Waals surface area contributed by atoms with Crippen molar-refractivity contribution in [2.24, 2.45) is 0 Å². The molecule has 1 aromatic carbocycles. The van der Waals surface area contributed by atoms with Gasteiger partial charge in [-0.15, -0.1) is 0 Å². The molecule has 1 aliphatic rings. The molecule has 1 N–H and O–H groups in total. The number of benzene rings is 1. The molecule has 0 atom stereocenters. The van der Waals surface area contributed by atoms with Crippen LogP contribution in [-0.2, 0) is 16.4 Å². The second kappa shape index (κ2) is 7.80. The summed E-state index contributed by atoms with van der Waals surface area (Å²) in [7, 11) is -2.77. The Labute approximate surface area is 127 Å². The standard InChI is InChI=1S/C16H25NO3S/c1-2-3-10-20-16-6-4-14(5-7-16)13-17-15-8-11-21(18,19)12-9-15/h4-7,15,17H,2-3,8-13H2,1H3. The Bertz CT molecular complexity index is 511. The molecule has 0 saturated carbocycles. The van der Waals surface area contributed by atoms with E-state index in [0.29, 0.717) is 17.5 Å². The molecule has 1 saturated heterocycles. The van der Waals surface area contributed by atoms with Gasteiger partial charge in [-0.25, -0.2) is 8.42 Å². The molecule has 1 aromatic rings. The lowest BCUT2D eigenvalue weighted by Crippen LogP contribution is -2.37. The minimum absolute atomic E-state index is 0.314. The van der Waals surface area contributed by atoms with Crippen molar-refractivity contribution in [1.82, 2.24) is 5.32 Å². The zero-order valence-electron chi connectivity index (χ0n) is 12.7. The Morgan fingerprint density at radius 3 is 2.48 bits per heavy atom. The average molecular weight is 311 g/mol. The van der Waals surface area contributed by atoms with Gasteiger partial charge in [0.05, 0.1) is 18.1 Å². The van der Waals surface area contributed by atoms with Gasteiger partial charge in [-0.05, 0) is 37.0 Å². The SMILES string of the molecule is CCCCOc1ccc(CNC2CCS(=O)(=O)CC2)cc1. The molecule has 0 aliphatic carbocycles. The van der Waals surface area contributed by atoms with Crippen LogP contribution in [0.4, 0.5) is 0 Å². The first kappa shape index (κ1) is 16.3. The predicted molar refractivity (Wildman–Crippen MR) is 85.4 cm³/mol. The normalized spacial score (nSPS) is 18.5. The summed E-state index contributed by atoms with van der Waals surface area (Å²) in [6, 6.07) is 8.44. The fourth-order valence-corrected chi connectivity index (χ4v) is 3.89. The maximum Gasteiger partial charge on any atom is 0.150 e. The Morgan fingerprint density at radius 2 is 1.86 bits per heavy atom. The molecule has 1 heterocycles. The number of rotatable bonds is 7. The van der Waals surface area contributed by atoms with E-state index in [1.807, 2.05) is 12.1 Å². The quantitative estimate of drug-likeness (QED) is 0.786. The van der Waals surface area contributed by atoms with Crippen LogP contribution in [0.1, 0.15) is 38.2 Å². The number of unbranched alkanes of at least 4 members (excludes halogenated alkanes) is 1. The van der Waals surface area contributed by atoms with Crippen LogP contribution in [0.15, 0.2) is 24.3 Å². The van der Waals surface area contributed by atoms with E-state index in [-0.39, 0.29) is 0 Å². The molecule has 2 rings (SSSR count). The molecule has 0 aromatic heterocycles. The van der Waals surface area contributed by atoms with Crippen LogP contribution < -0.4 is 10.1 Å². The van der Waals surface area contributed by atoms with Crippen LogP contribution in [0, 0.1) is 0 Å². The highest BCUT2D eigenvalue weighted by molar-refractivity contribution is 7.91. The number of ether oxygens (including phenoxy) is 1. The highest BCUT2D eigenvalue weighted by atomic mass is 32.2. The van der Waals surface area contributed by atoms with Gasteiger partial charge in [0.1, 0.15) is 15.6 Å². The van der Waals surface area contributed by atoms with Crippen LogP contribution in [0.25, 0.3) is 0 Å². The third kappa shape index (κ3) is 5.67. The van der Waals surface area contributed by atoms with Gasteiger partial charge in [-0.2, -0.15) is 0 Å². The zero-order valence-corrected chi connectivity index (χ0v) is 13.5. The second-order valence-electron chi connectivity index (χ2n) is 5.65. The van der Waals surface area contributed by atoms with Crippen LogP contribution in [0.5, 0.6) is 5.75 Å². The third-order valence-electron chi connectivity index (χ3n) is 3.84. The summed E-state index contributed by atoms with van der Waals surface area (Å²) in [5, 5.41) is 3.44. The third-order valence-corrected chi connectivity index (χ3v) is 5.55. The molecule has 0 spiro atoms. The summed E-state index contributed by atoms with van der Waals surface area (Å²) < 4.78 is 28.4. The molecule has 0 unspecified atom stereocenters. The van der Waals surface area contributed by atoms with Gasteiger partial charge in [0, 0.05) is 12.6 Å². The van der Waals surface area contributed by atoms with Crippen LogP contribution in [0.2, 0.25) is 0 Å². The number of hydrogen-bond donors (Lipinski definition) is 1. The Kier molecular flexibility index (Phi) is 6.06. The molecular weight excluding hydrogens is 286 g/mol. The van der Waals surface area contributed by atoms with Crippen molar-refractivity contribution >= 4 is 9.84 Å². The molecule has 5 heteroatoms. The lowest BCUT2D eigenvalue weighted by Gasteiger charge is -2.23. The van der Waals surface area contributed by atoms with Crippen molar-refractivity contribution in [2.45, 2.75) is 45.2 Å². The van der Waals surface area contributed by atoms with Crippen molar-refractivity contribution in [2.75, 3.05) is 18.1 Å². The van der Waals surface area contributed by atoms with E-state index in [0.717, 1.165) is 44.6 Å². The van der Waals surface area contributed by atoms with Gasteiger partial charge in [-0.1, -0.05) is 25.5 Å². The predicted octanol–water partition coefficient (Wildman–Crippen LogP) is 2.53. The molecule has 1 fully saturated rings. The van der Waals surface area contributed by atoms with Crippen molar-refractivity contribution in [3.63, 3.8) is 0 Å². The van der Waals surface area contributed by atoms with Crippen LogP contribution >= 0.6 is 0 Å². The highest BCUT2D eigenvalue weighted by Crippen LogP contribution is 2.15. The first-order valence-corrected chi connectivity index (χ1v) is 9.57.